The van der Waals surface area contributed by atoms with Crippen molar-refractivity contribution in [1.29, 1.82) is 0 Å². The molecule has 0 spiro atoms. The number of hydrogen-bond acceptors (Lipinski definition) is 5. The Morgan fingerprint density at radius 1 is 1.07 bits per heavy atom. The maximum atomic E-state index is 12.2. The zero-order valence-corrected chi connectivity index (χ0v) is 16.1. The molecule has 8 heteroatoms. The fourth-order valence-electron chi connectivity index (χ4n) is 2.49. The van der Waals surface area contributed by atoms with Crippen LogP contribution in [0, 0.1) is 10.1 Å². The smallest absolute Gasteiger partial charge is 0.293 e. The van der Waals surface area contributed by atoms with Gasteiger partial charge < -0.3 is 16.0 Å². The van der Waals surface area contributed by atoms with Gasteiger partial charge in [-0.05, 0) is 38.5 Å². The van der Waals surface area contributed by atoms with Crippen molar-refractivity contribution in [3.63, 3.8) is 0 Å². The van der Waals surface area contributed by atoms with E-state index in [1.165, 1.54) is 18.2 Å². The van der Waals surface area contributed by atoms with E-state index in [0.29, 0.717) is 12.2 Å². The van der Waals surface area contributed by atoms with Gasteiger partial charge in [-0.3, -0.25) is 19.7 Å². The quantitative estimate of drug-likeness (QED) is 0.502. The Labute approximate surface area is 163 Å². The molecule has 2 aromatic carbocycles. The van der Waals surface area contributed by atoms with Gasteiger partial charge in [-0.25, -0.2) is 0 Å². The zero-order valence-electron chi connectivity index (χ0n) is 16.1. The molecule has 148 valence electrons. The first-order valence-electron chi connectivity index (χ1n) is 8.81. The zero-order chi connectivity index (χ0) is 20.7. The monoisotopic (exact) mass is 384 g/mol. The minimum atomic E-state index is -0.554. The molecule has 0 aliphatic heterocycles. The predicted octanol–water partition coefficient (Wildman–Crippen LogP) is 2.85. The fourth-order valence-corrected chi connectivity index (χ4v) is 2.49. The molecule has 2 rings (SSSR count). The molecule has 0 atom stereocenters. The van der Waals surface area contributed by atoms with Gasteiger partial charge in [0, 0.05) is 23.7 Å². The number of rotatable bonds is 7. The van der Waals surface area contributed by atoms with Crippen molar-refractivity contribution in [1.82, 2.24) is 10.6 Å². The van der Waals surface area contributed by atoms with Gasteiger partial charge in [0.1, 0.15) is 5.69 Å². The van der Waals surface area contributed by atoms with E-state index in [4.69, 9.17) is 0 Å². The van der Waals surface area contributed by atoms with Crippen molar-refractivity contribution in [2.24, 2.45) is 0 Å². The lowest BCUT2D eigenvalue weighted by molar-refractivity contribution is -0.384. The van der Waals surface area contributed by atoms with Crippen LogP contribution in [-0.2, 0) is 11.3 Å². The molecule has 2 aromatic rings. The molecule has 0 saturated carbocycles. The molecule has 0 aromatic heterocycles. The van der Waals surface area contributed by atoms with Crippen molar-refractivity contribution in [3.05, 3.63) is 69.8 Å². The fraction of sp³-hybridized carbons (Fsp3) is 0.300. The standard InChI is InChI=1S/C20H24N4O4/c1-20(2,3)23-18(25)13-22-19(26)15-9-10-16(17(11-15)24(27)28)21-12-14-7-5-4-6-8-14/h4-11,21H,12-13H2,1-3H3,(H,22,26)(H,23,25). The van der Waals surface area contributed by atoms with Crippen molar-refractivity contribution >= 4 is 23.2 Å². The van der Waals surface area contributed by atoms with Gasteiger partial charge in [-0.2, -0.15) is 0 Å². The molecule has 0 saturated heterocycles. The van der Waals surface area contributed by atoms with Gasteiger partial charge in [0.25, 0.3) is 11.6 Å². The number of benzene rings is 2. The summed E-state index contributed by atoms with van der Waals surface area (Å²) < 4.78 is 0. The summed E-state index contributed by atoms with van der Waals surface area (Å²) in [6, 6.07) is 13.6. The van der Waals surface area contributed by atoms with Crippen LogP contribution in [0.15, 0.2) is 48.5 Å². The average molecular weight is 384 g/mol. The molecule has 0 fully saturated rings. The van der Waals surface area contributed by atoms with Crippen LogP contribution in [-0.4, -0.2) is 28.8 Å². The maximum Gasteiger partial charge on any atom is 0.293 e. The lowest BCUT2D eigenvalue weighted by Crippen LogP contribution is -2.45. The number of anilines is 1. The lowest BCUT2D eigenvalue weighted by Gasteiger charge is -2.20. The second-order valence-corrected chi connectivity index (χ2v) is 7.31. The highest BCUT2D eigenvalue weighted by Crippen LogP contribution is 2.26. The first-order chi connectivity index (χ1) is 13.2. The highest BCUT2D eigenvalue weighted by molar-refractivity contribution is 5.97. The molecule has 0 aliphatic rings. The third-order valence-electron chi connectivity index (χ3n) is 3.71. The molecule has 3 N–H and O–H groups in total. The van der Waals surface area contributed by atoms with Crippen LogP contribution < -0.4 is 16.0 Å². The average Bonchev–Trinajstić information content (AvgIpc) is 2.63. The largest absolute Gasteiger partial charge is 0.375 e. The Kier molecular flexibility index (Phi) is 6.70. The van der Waals surface area contributed by atoms with Gasteiger partial charge >= 0.3 is 0 Å². The summed E-state index contributed by atoms with van der Waals surface area (Å²) in [6.45, 7) is 5.70. The van der Waals surface area contributed by atoms with E-state index in [-0.39, 0.29) is 23.7 Å². The van der Waals surface area contributed by atoms with Gasteiger partial charge in [0.2, 0.25) is 5.91 Å². The lowest BCUT2D eigenvalue weighted by atomic mass is 10.1. The number of amides is 2. The first kappa shape index (κ1) is 20.9. The molecule has 0 unspecified atom stereocenters. The van der Waals surface area contributed by atoms with E-state index >= 15 is 0 Å². The Balaban J connectivity index is 2.05. The van der Waals surface area contributed by atoms with Gasteiger partial charge in [-0.1, -0.05) is 30.3 Å². The van der Waals surface area contributed by atoms with E-state index in [2.05, 4.69) is 16.0 Å². The van der Waals surface area contributed by atoms with Crippen molar-refractivity contribution in [2.75, 3.05) is 11.9 Å². The number of carbonyl (C=O) groups is 2. The highest BCUT2D eigenvalue weighted by atomic mass is 16.6. The molecule has 0 radical (unpaired) electrons. The Hall–Kier alpha value is -3.42. The molecule has 2 amide bonds. The number of nitrogens with zero attached hydrogens (tertiary/aromatic N) is 1. The summed E-state index contributed by atoms with van der Waals surface area (Å²) in [4.78, 5) is 34.9. The number of nitro groups is 1. The minimum absolute atomic E-state index is 0.112. The summed E-state index contributed by atoms with van der Waals surface area (Å²) in [6.07, 6.45) is 0. The van der Waals surface area contributed by atoms with E-state index in [9.17, 15) is 19.7 Å². The molecular formula is C20H24N4O4. The summed E-state index contributed by atoms with van der Waals surface area (Å²) in [5, 5.41) is 19.6. The molecule has 8 nitrogen and oxygen atoms in total. The van der Waals surface area contributed by atoms with E-state index in [1.807, 2.05) is 51.1 Å². The normalized spacial score (nSPS) is 10.8. The Morgan fingerprint density at radius 2 is 1.75 bits per heavy atom. The number of nitrogens with one attached hydrogen (secondary N) is 3. The summed E-state index contributed by atoms with van der Waals surface area (Å²) in [5.74, 6) is -0.890. The topological polar surface area (TPSA) is 113 Å². The van der Waals surface area contributed by atoms with Crippen LogP contribution in [0.3, 0.4) is 0 Å². The highest BCUT2D eigenvalue weighted by Gasteiger charge is 2.19. The third-order valence-corrected chi connectivity index (χ3v) is 3.71. The van der Waals surface area contributed by atoms with Crippen LogP contribution >= 0.6 is 0 Å². The van der Waals surface area contributed by atoms with E-state index in [1.54, 1.807) is 0 Å². The van der Waals surface area contributed by atoms with Crippen LogP contribution in [0.4, 0.5) is 11.4 Å². The van der Waals surface area contributed by atoms with Crippen LogP contribution in [0.2, 0.25) is 0 Å². The minimum Gasteiger partial charge on any atom is -0.375 e. The van der Waals surface area contributed by atoms with E-state index < -0.39 is 16.4 Å². The summed E-state index contributed by atoms with van der Waals surface area (Å²) >= 11 is 0. The second kappa shape index (κ2) is 8.98. The molecule has 28 heavy (non-hydrogen) atoms. The molecule has 0 heterocycles. The van der Waals surface area contributed by atoms with Crippen molar-refractivity contribution in [2.45, 2.75) is 32.9 Å². The van der Waals surface area contributed by atoms with Gasteiger partial charge in [0.15, 0.2) is 0 Å². The number of nitro benzene ring substituents is 1. The Morgan fingerprint density at radius 3 is 2.36 bits per heavy atom. The van der Waals surface area contributed by atoms with E-state index in [0.717, 1.165) is 5.56 Å². The third kappa shape index (κ3) is 6.39. The van der Waals surface area contributed by atoms with Gasteiger partial charge in [0.05, 0.1) is 11.5 Å². The summed E-state index contributed by atoms with van der Waals surface area (Å²) in [5.41, 5.74) is 0.787. The predicted molar refractivity (Wildman–Crippen MR) is 107 cm³/mol. The van der Waals surface area contributed by atoms with Crippen LogP contribution in [0.25, 0.3) is 0 Å². The molecule has 0 bridgehead atoms. The van der Waals surface area contributed by atoms with Crippen molar-refractivity contribution < 1.29 is 14.5 Å². The van der Waals surface area contributed by atoms with Gasteiger partial charge in [-0.15, -0.1) is 0 Å². The second-order valence-electron chi connectivity index (χ2n) is 7.31. The number of carbonyl (C=O) groups excluding carboxylic acids is 2. The molecular weight excluding hydrogens is 360 g/mol. The van der Waals surface area contributed by atoms with Crippen LogP contribution in [0.1, 0.15) is 36.7 Å². The Bertz CT molecular complexity index is 860. The molecule has 0 aliphatic carbocycles. The first-order valence-corrected chi connectivity index (χ1v) is 8.81. The van der Waals surface area contributed by atoms with Crippen molar-refractivity contribution in [3.8, 4) is 0 Å². The SMILES string of the molecule is CC(C)(C)NC(=O)CNC(=O)c1ccc(NCc2ccccc2)c([N+](=O)[O-])c1. The number of hydrogen-bond donors (Lipinski definition) is 3. The van der Waals surface area contributed by atoms with Crippen LogP contribution in [0.5, 0.6) is 0 Å². The maximum absolute atomic E-state index is 12.2. The summed E-state index contributed by atoms with van der Waals surface area (Å²) in [7, 11) is 0.